The molecular weight excluding hydrogens is 366 g/mol. The van der Waals surface area contributed by atoms with E-state index in [0.717, 1.165) is 31.0 Å². The summed E-state index contributed by atoms with van der Waals surface area (Å²) in [6.07, 6.45) is 1.54. The Bertz CT molecular complexity index is 939. The summed E-state index contributed by atoms with van der Waals surface area (Å²) in [5, 5.41) is 2.30. The molecule has 26 heavy (non-hydrogen) atoms. The van der Waals surface area contributed by atoms with E-state index in [0.29, 0.717) is 0 Å². The minimum atomic E-state index is -3.77. The van der Waals surface area contributed by atoms with Crippen molar-refractivity contribution in [3.63, 3.8) is 0 Å². The van der Waals surface area contributed by atoms with Crippen LogP contribution in [0.1, 0.15) is 23.2 Å². The molecule has 6 nitrogen and oxygen atoms in total. The molecule has 1 fully saturated rings. The molecule has 0 radical (unpaired) electrons. The van der Waals surface area contributed by atoms with Crippen molar-refractivity contribution in [3.05, 3.63) is 53.6 Å². The minimum Gasteiger partial charge on any atom is -0.495 e. The maximum atomic E-state index is 13.8. The molecule has 0 atom stereocenters. The smallest absolute Gasteiger partial charge is 0.261 e. The molecule has 3 rings (SSSR count). The highest BCUT2D eigenvalue weighted by Gasteiger charge is 2.28. The van der Waals surface area contributed by atoms with Crippen LogP contribution < -0.4 is 14.8 Å². The number of sulfonamides is 1. The molecule has 0 saturated heterocycles. The summed E-state index contributed by atoms with van der Waals surface area (Å²) < 4.78 is 59.8. The summed E-state index contributed by atoms with van der Waals surface area (Å²) in [7, 11) is -2.44. The maximum Gasteiger partial charge on any atom is 0.261 e. The first-order chi connectivity index (χ1) is 12.3. The Kier molecular flexibility index (Phi) is 4.92. The van der Waals surface area contributed by atoms with Crippen LogP contribution in [0.5, 0.6) is 5.75 Å². The van der Waals surface area contributed by atoms with Crippen molar-refractivity contribution >= 4 is 21.6 Å². The van der Waals surface area contributed by atoms with Crippen LogP contribution in [0.25, 0.3) is 0 Å². The van der Waals surface area contributed by atoms with E-state index in [1.54, 1.807) is 0 Å². The predicted molar refractivity (Wildman–Crippen MR) is 90.6 cm³/mol. The second-order valence-corrected chi connectivity index (χ2v) is 7.52. The third-order valence-corrected chi connectivity index (χ3v) is 5.34. The van der Waals surface area contributed by atoms with E-state index in [1.807, 2.05) is 0 Å². The van der Waals surface area contributed by atoms with Crippen molar-refractivity contribution < 1.29 is 26.7 Å². The Morgan fingerprint density at radius 2 is 1.81 bits per heavy atom. The van der Waals surface area contributed by atoms with Crippen molar-refractivity contribution in [1.82, 2.24) is 4.72 Å². The average Bonchev–Trinajstić information content (AvgIpc) is 3.38. The van der Waals surface area contributed by atoms with E-state index in [1.165, 1.54) is 25.3 Å². The number of hydrogen-bond donors (Lipinski definition) is 2. The van der Waals surface area contributed by atoms with Gasteiger partial charge in [-0.1, -0.05) is 6.07 Å². The van der Waals surface area contributed by atoms with Crippen LogP contribution in [0.2, 0.25) is 0 Å². The van der Waals surface area contributed by atoms with Gasteiger partial charge in [0.15, 0.2) is 0 Å². The molecular formula is C17H16F2N2O4S. The molecule has 0 bridgehead atoms. The number of ether oxygens (including phenoxy) is 1. The topological polar surface area (TPSA) is 84.5 Å². The molecule has 0 aromatic heterocycles. The van der Waals surface area contributed by atoms with Crippen LogP contribution in [0.3, 0.4) is 0 Å². The zero-order chi connectivity index (χ0) is 18.9. The normalized spacial score (nSPS) is 14.1. The van der Waals surface area contributed by atoms with Crippen molar-refractivity contribution in [1.29, 1.82) is 0 Å². The molecule has 1 saturated carbocycles. The first-order valence-corrected chi connectivity index (χ1v) is 9.26. The van der Waals surface area contributed by atoms with Crippen molar-refractivity contribution in [2.75, 3.05) is 12.4 Å². The van der Waals surface area contributed by atoms with E-state index >= 15 is 0 Å². The van der Waals surface area contributed by atoms with Gasteiger partial charge in [0.1, 0.15) is 22.9 Å². The van der Waals surface area contributed by atoms with Crippen molar-refractivity contribution in [2.45, 2.75) is 23.8 Å². The summed E-state index contributed by atoms with van der Waals surface area (Å²) in [6.45, 7) is 0. The molecule has 1 aliphatic rings. The van der Waals surface area contributed by atoms with Gasteiger partial charge < -0.3 is 10.1 Å². The quantitative estimate of drug-likeness (QED) is 0.805. The lowest BCUT2D eigenvalue weighted by Crippen LogP contribution is -2.26. The van der Waals surface area contributed by atoms with Crippen LogP contribution in [0.15, 0.2) is 41.3 Å². The number of methoxy groups -OCH3 is 1. The zero-order valence-corrected chi connectivity index (χ0v) is 14.6. The number of benzene rings is 2. The van der Waals surface area contributed by atoms with Gasteiger partial charge in [0.05, 0.1) is 17.7 Å². The fourth-order valence-corrected chi connectivity index (χ4v) is 3.67. The maximum absolute atomic E-state index is 13.8. The molecule has 138 valence electrons. The summed E-state index contributed by atoms with van der Waals surface area (Å²) in [6, 6.07) is 6.81. The molecule has 2 aromatic carbocycles. The lowest BCUT2D eigenvalue weighted by atomic mass is 10.1. The number of amides is 1. The molecule has 2 N–H and O–H groups in total. The van der Waals surface area contributed by atoms with Gasteiger partial charge >= 0.3 is 0 Å². The van der Waals surface area contributed by atoms with Gasteiger partial charge in [0.2, 0.25) is 10.0 Å². The van der Waals surface area contributed by atoms with Gasteiger partial charge in [0, 0.05) is 6.04 Å². The third kappa shape index (κ3) is 3.83. The number of carbonyl (C=O) groups is 1. The van der Waals surface area contributed by atoms with Gasteiger partial charge in [-0.25, -0.2) is 21.9 Å². The summed E-state index contributed by atoms with van der Waals surface area (Å²) in [5.41, 5.74) is -0.780. The molecule has 2 aromatic rings. The molecule has 9 heteroatoms. The number of rotatable bonds is 6. The number of anilines is 1. The fraction of sp³-hybridized carbons (Fsp3) is 0.235. The fourth-order valence-electron chi connectivity index (χ4n) is 2.34. The number of halogens is 2. The van der Waals surface area contributed by atoms with E-state index in [-0.39, 0.29) is 22.4 Å². The van der Waals surface area contributed by atoms with Crippen molar-refractivity contribution in [2.24, 2.45) is 0 Å². The molecule has 0 unspecified atom stereocenters. The van der Waals surface area contributed by atoms with Crippen LogP contribution in [0, 0.1) is 11.6 Å². The zero-order valence-electron chi connectivity index (χ0n) is 13.8. The highest BCUT2D eigenvalue weighted by atomic mass is 32.2. The number of carbonyl (C=O) groups excluding carboxylic acids is 1. The van der Waals surface area contributed by atoms with E-state index in [2.05, 4.69) is 10.0 Å². The van der Waals surface area contributed by atoms with Crippen LogP contribution in [-0.4, -0.2) is 27.5 Å². The van der Waals surface area contributed by atoms with Gasteiger partial charge in [-0.15, -0.1) is 0 Å². The molecule has 0 aliphatic heterocycles. The first-order valence-electron chi connectivity index (χ1n) is 7.77. The van der Waals surface area contributed by atoms with Gasteiger partial charge in [0.25, 0.3) is 5.91 Å². The highest BCUT2D eigenvalue weighted by molar-refractivity contribution is 7.89. The highest BCUT2D eigenvalue weighted by Crippen LogP contribution is 2.30. The average molecular weight is 382 g/mol. The Morgan fingerprint density at radius 3 is 2.38 bits per heavy atom. The number of nitrogens with one attached hydrogen (secondary N) is 2. The SMILES string of the molecule is COc1ccc(S(=O)(=O)NC2CC2)cc1NC(=O)c1c(F)cccc1F. The second-order valence-electron chi connectivity index (χ2n) is 5.81. The first kappa shape index (κ1) is 18.3. The monoisotopic (exact) mass is 382 g/mol. The van der Waals surface area contributed by atoms with E-state index < -0.39 is 33.1 Å². The van der Waals surface area contributed by atoms with Gasteiger partial charge in [-0.05, 0) is 43.2 Å². The second kappa shape index (κ2) is 7.00. The molecule has 1 aliphatic carbocycles. The summed E-state index contributed by atoms with van der Waals surface area (Å²) in [4.78, 5) is 12.2. The lowest BCUT2D eigenvalue weighted by molar-refractivity contribution is 0.101. The summed E-state index contributed by atoms with van der Waals surface area (Å²) >= 11 is 0. The Morgan fingerprint density at radius 1 is 1.15 bits per heavy atom. The van der Waals surface area contributed by atoms with Crippen LogP contribution in [-0.2, 0) is 10.0 Å². The van der Waals surface area contributed by atoms with Crippen LogP contribution in [0.4, 0.5) is 14.5 Å². The number of hydrogen-bond acceptors (Lipinski definition) is 4. The molecule has 0 spiro atoms. The Labute approximate surface area is 149 Å². The van der Waals surface area contributed by atoms with E-state index in [9.17, 15) is 22.0 Å². The third-order valence-electron chi connectivity index (χ3n) is 3.82. The minimum absolute atomic E-state index is 0.0150. The van der Waals surface area contributed by atoms with Crippen LogP contribution >= 0.6 is 0 Å². The largest absolute Gasteiger partial charge is 0.495 e. The Balaban J connectivity index is 1.93. The van der Waals surface area contributed by atoms with Gasteiger partial charge in [-0.3, -0.25) is 4.79 Å². The Hall–Kier alpha value is -2.52. The summed E-state index contributed by atoms with van der Waals surface area (Å²) in [5.74, 6) is -2.95. The lowest BCUT2D eigenvalue weighted by Gasteiger charge is -2.13. The standard InChI is InChI=1S/C17H16F2N2O4S/c1-25-15-8-7-11(26(23,24)21-10-5-6-10)9-14(15)20-17(22)16-12(18)3-2-4-13(16)19/h2-4,7-10,21H,5-6H2,1H3,(H,20,22). The van der Waals surface area contributed by atoms with Gasteiger partial charge in [-0.2, -0.15) is 0 Å². The molecule has 1 amide bonds. The molecule has 0 heterocycles. The van der Waals surface area contributed by atoms with Crippen molar-refractivity contribution in [3.8, 4) is 5.75 Å². The predicted octanol–water partition coefficient (Wildman–Crippen LogP) is 2.67. The van der Waals surface area contributed by atoms with E-state index in [4.69, 9.17) is 4.74 Å².